The number of H-pyrrole nitrogens is 1. The molecule has 0 aliphatic carbocycles. The summed E-state index contributed by atoms with van der Waals surface area (Å²) in [5.41, 5.74) is 0. The molecule has 0 saturated carbocycles. The number of hydrogen-bond acceptors (Lipinski definition) is 2. The van der Waals surface area contributed by atoms with Gasteiger partial charge in [-0.2, -0.15) is 0 Å². The minimum Gasteiger partial charge on any atom is -0.347 e. The highest BCUT2D eigenvalue weighted by atomic mass is 15.0. The lowest BCUT2D eigenvalue weighted by atomic mass is 10.1. The summed E-state index contributed by atoms with van der Waals surface area (Å²) in [6, 6.07) is 0.389. The van der Waals surface area contributed by atoms with E-state index in [0.29, 0.717) is 6.04 Å². The molecule has 0 radical (unpaired) electrons. The Balaban J connectivity index is 2.45. The van der Waals surface area contributed by atoms with Crippen LogP contribution in [0.5, 0.6) is 0 Å². The lowest BCUT2D eigenvalue weighted by molar-refractivity contribution is 0.502. The minimum atomic E-state index is 0.389. The Morgan fingerprint density at radius 3 is 3.00 bits per heavy atom. The molecule has 0 fully saturated rings. The van der Waals surface area contributed by atoms with Crippen LogP contribution >= 0.6 is 0 Å². The number of nitrogens with one attached hydrogen (secondary N) is 2. The first-order valence-corrected chi connectivity index (χ1v) is 4.55. The summed E-state index contributed by atoms with van der Waals surface area (Å²) in [5, 5.41) is 3.25. The normalized spacial score (nSPS) is 13.2. The standard InChI is InChI=1S/C9H17N3/c1-3-4-5-8(10-2)9-11-6-7-12-9/h6-8,10H,3-5H2,1-2H3,(H,11,12)/t8-/m0/s1. The fourth-order valence-electron chi connectivity index (χ4n) is 1.29. The van der Waals surface area contributed by atoms with Crippen molar-refractivity contribution in [3.63, 3.8) is 0 Å². The second kappa shape index (κ2) is 4.93. The van der Waals surface area contributed by atoms with Crippen molar-refractivity contribution < 1.29 is 0 Å². The number of nitrogens with zero attached hydrogens (tertiary/aromatic N) is 1. The maximum atomic E-state index is 4.22. The van der Waals surface area contributed by atoms with E-state index in [1.807, 2.05) is 13.2 Å². The van der Waals surface area contributed by atoms with Gasteiger partial charge in [-0.05, 0) is 13.5 Å². The summed E-state index contributed by atoms with van der Waals surface area (Å²) in [5.74, 6) is 1.05. The molecule has 0 saturated heterocycles. The predicted octanol–water partition coefficient (Wildman–Crippen LogP) is 1.86. The number of imidazole rings is 1. The average molecular weight is 167 g/mol. The van der Waals surface area contributed by atoms with Gasteiger partial charge in [0, 0.05) is 12.4 Å². The predicted molar refractivity (Wildman–Crippen MR) is 49.9 cm³/mol. The Morgan fingerprint density at radius 1 is 1.67 bits per heavy atom. The molecule has 0 bridgehead atoms. The van der Waals surface area contributed by atoms with Gasteiger partial charge in [0.25, 0.3) is 0 Å². The summed E-state index contributed by atoms with van der Waals surface area (Å²) in [6.07, 6.45) is 7.29. The average Bonchev–Trinajstić information content (AvgIpc) is 2.59. The summed E-state index contributed by atoms with van der Waals surface area (Å²) >= 11 is 0. The van der Waals surface area contributed by atoms with Crippen LogP contribution in [0.1, 0.15) is 38.1 Å². The van der Waals surface area contributed by atoms with E-state index in [0.717, 1.165) is 12.2 Å². The fourth-order valence-corrected chi connectivity index (χ4v) is 1.29. The van der Waals surface area contributed by atoms with E-state index in [4.69, 9.17) is 0 Å². The summed E-state index contributed by atoms with van der Waals surface area (Å²) in [7, 11) is 1.98. The fraction of sp³-hybridized carbons (Fsp3) is 0.667. The van der Waals surface area contributed by atoms with Gasteiger partial charge >= 0.3 is 0 Å². The Kier molecular flexibility index (Phi) is 3.80. The Morgan fingerprint density at radius 2 is 2.50 bits per heavy atom. The first kappa shape index (κ1) is 9.26. The van der Waals surface area contributed by atoms with E-state index in [-0.39, 0.29) is 0 Å². The summed E-state index contributed by atoms with van der Waals surface area (Å²) in [6.45, 7) is 2.20. The first-order valence-electron chi connectivity index (χ1n) is 4.55. The minimum absolute atomic E-state index is 0.389. The number of aromatic amines is 1. The molecule has 12 heavy (non-hydrogen) atoms. The lowest BCUT2D eigenvalue weighted by Gasteiger charge is -2.12. The maximum Gasteiger partial charge on any atom is 0.123 e. The van der Waals surface area contributed by atoms with Crippen molar-refractivity contribution in [3.05, 3.63) is 18.2 Å². The highest BCUT2D eigenvalue weighted by Crippen LogP contribution is 2.14. The molecule has 0 spiro atoms. The SMILES string of the molecule is CCCC[C@H](NC)c1ncc[nH]1. The van der Waals surface area contributed by atoms with Crippen molar-refractivity contribution in [2.24, 2.45) is 0 Å². The van der Waals surface area contributed by atoms with Crippen LogP contribution in [0, 0.1) is 0 Å². The van der Waals surface area contributed by atoms with Crippen LogP contribution in [-0.4, -0.2) is 17.0 Å². The Bertz CT molecular complexity index is 194. The van der Waals surface area contributed by atoms with Crippen molar-refractivity contribution in [1.82, 2.24) is 15.3 Å². The summed E-state index contributed by atoms with van der Waals surface area (Å²) in [4.78, 5) is 7.35. The van der Waals surface area contributed by atoms with E-state index in [9.17, 15) is 0 Å². The second-order valence-corrected chi connectivity index (χ2v) is 2.96. The van der Waals surface area contributed by atoms with Crippen LogP contribution in [0.15, 0.2) is 12.4 Å². The molecule has 1 heterocycles. The second-order valence-electron chi connectivity index (χ2n) is 2.96. The zero-order chi connectivity index (χ0) is 8.81. The Hall–Kier alpha value is -0.830. The molecule has 0 aliphatic rings. The quantitative estimate of drug-likeness (QED) is 0.702. The van der Waals surface area contributed by atoms with Gasteiger partial charge in [-0.25, -0.2) is 4.98 Å². The number of aromatic nitrogens is 2. The molecule has 0 amide bonds. The van der Waals surface area contributed by atoms with Crippen molar-refractivity contribution in [2.45, 2.75) is 32.2 Å². The lowest BCUT2D eigenvalue weighted by Crippen LogP contribution is -2.17. The van der Waals surface area contributed by atoms with Crippen LogP contribution in [0.2, 0.25) is 0 Å². The van der Waals surface area contributed by atoms with E-state index in [2.05, 4.69) is 22.2 Å². The van der Waals surface area contributed by atoms with Crippen LogP contribution in [-0.2, 0) is 0 Å². The monoisotopic (exact) mass is 167 g/mol. The molecular weight excluding hydrogens is 150 g/mol. The molecule has 1 aromatic heterocycles. The third-order valence-corrected chi connectivity index (χ3v) is 2.04. The molecule has 0 unspecified atom stereocenters. The largest absolute Gasteiger partial charge is 0.347 e. The molecule has 3 heteroatoms. The van der Waals surface area contributed by atoms with Crippen molar-refractivity contribution in [2.75, 3.05) is 7.05 Å². The van der Waals surface area contributed by atoms with E-state index in [1.54, 1.807) is 6.20 Å². The maximum absolute atomic E-state index is 4.22. The Labute approximate surface area is 73.6 Å². The van der Waals surface area contributed by atoms with Gasteiger partial charge in [0.1, 0.15) is 5.82 Å². The molecule has 3 nitrogen and oxygen atoms in total. The molecular formula is C9H17N3. The molecule has 1 rings (SSSR count). The van der Waals surface area contributed by atoms with Crippen molar-refractivity contribution in [1.29, 1.82) is 0 Å². The zero-order valence-corrected chi connectivity index (χ0v) is 7.80. The third-order valence-electron chi connectivity index (χ3n) is 2.04. The van der Waals surface area contributed by atoms with Crippen molar-refractivity contribution >= 4 is 0 Å². The number of unbranched alkanes of at least 4 members (excludes halogenated alkanes) is 1. The number of hydrogen-bond donors (Lipinski definition) is 2. The molecule has 0 aliphatic heterocycles. The van der Waals surface area contributed by atoms with Gasteiger partial charge in [-0.3, -0.25) is 0 Å². The van der Waals surface area contributed by atoms with Crippen LogP contribution in [0.3, 0.4) is 0 Å². The molecule has 1 aromatic rings. The van der Waals surface area contributed by atoms with E-state index in [1.165, 1.54) is 12.8 Å². The van der Waals surface area contributed by atoms with Crippen LogP contribution < -0.4 is 5.32 Å². The van der Waals surface area contributed by atoms with Gasteiger partial charge < -0.3 is 10.3 Å². The highest BCUT2D eigenvalue weighted by molar-refractivity contribution is 4.94. The van der Waals surface area contributed by atoms with Gasteiger partial charge in [0.05, 0.1) is 6.04 Å². The molecule has 1 atom stereocenters. The van der Waals surface area contributed by atoms with Gasteiger partial charge in [0.2, 0.25) is 0 Å². The third kappa shape index (κ3) is 2.34. The van der Waals surface area contributed by atoms with Gasteiger partial charge in [0.15, 0.2) is 0 Å². The molecule has 68 valence electrons. The number of rotatable bonds is 5. The van der Waals surface area contributed by atoms with Crippen molar-refractivity contribution in [3.8, 4) is 0 Å². The van der Waals surface area contributed by atoms with Gasteiger partial charge in [-0.15, -0.1) is 0 Å². The first-order chi connectivity index (χ1) is 5.88. The van der Waals surface area contributed by atoms with E-state index >= 15 is 0 Å². The van der Waals surface area contributed by atoms with Gasteiger partial charge in [-0.1, -0.05) is 19.8 Å². The van der Waals surface area contributed by atoms with E-state index < -0.39 is 0 Å². The molecule has 0 aromatic carbocycles. The topological polar surface area (TPSA) is 40.7 Å². The summed E-state index contributed by atoms with van der Waals surface area (Å²) < 4.78 is 0. The van der Waals surface area contributed by atoms with Crippen LogP contribution in [0.4, 0.5) is 0 Å². The zero-order valence-electron chi connectivity index (χ0n) is 7.80. The highest BCUT2D eigenvalue weighted by Gasteiger charge is 2.09. The smallest absolute Gasteiger partial charge is 0.123 e. The molecule has 2 N–H and O–H groups in total. The van der Waals surface area contributed by atoms with Crippen LogP contribution in [0.25, 0.3) is 0 Å².